The van der Waals surface area contributed by atoms with E-state index in [-0.39, 0.29) is 0 Å². The molecule has 1 aliphatic rings. The maximum atomic E-state index is 13.9. The van der Waals surface area contributed by atoms with E-state index in [9.17, 15) is 13.6 Å². The fourth-order valence-corrected chi connectivity index (χ4v) is 3.12. The van der Waals surface area contributed by atoms with Crippen LogP contribution in [0.4, 0.5) is 14.6 Å². The van der Waals surface area contributed by atoms with Crippen molar-refractivity contribution in [2.24, 2.45) is 0 Å². The maximum absolute atomic E-state index is 13.9. The summed E-state index contributed by atoms with van der Waals surface area (Å²) in [6, 6.07) is 7.10. The lowest BCUT2D eigenvalue weighted by molar-refractivity contribution is 0.0736. The lowest BCUT2D eigenvalue weighted by atomic mass is 10.1. The van der Waals surface area contributed by atoms with Crippen molar-refractivity contribution < 1.29 is 18.1 Å². The summed E-state index contributed by atoms with van der Waals surface area (Å²) in [5.74, 6) is -0.632. The molecule has 1 saturated heterocycles. The molecule has 1 aliphatic heterocycles. The van der Waals surface area contributed by atoms with E-state index in [2.05, 4.69) is 15.1 Å². The molecule has 0 spiro atoms. The molecule has 2 aromatic heterocycles. The Morgan fingerprint density at radius 1 is 1.07 bits per heavy atom. The minimum Gasteiger partial charge on any atom is -0.353 e. The molecule has 4 rings (SSSR count). The number of piperazine rings is 1. The Morgan fingerprint density at radius 3 is 2.36 bits per heavy atom. The monoisotopic (exact) mass is 385 g/mol. The van der Waals surface area contributed by atoms with Gasteiger partial charge in [0.2, 0.25) is 11.7 Å². The first-order valence-electron chi connectivity index (χ1n) is 8.78. The molecule has 0 N–H and O–H groups in total. The van der Waals surface area contributed by atoms with Gasteiger partial charge in [0.25, 0.3) is 5.91 Å². The topological polar surface area (TPSA) is 75.4 Å². The van der Waals surface area contributed by atoms with Gasteiger partial charge in [0.15, 0.2) is 0 Å². The molecule has 0 bridgehead atoms. The van der Waals surface area contributed by atoms with E-state index in [4.69, 9.17) is 4.52 Å². The maximum Gasteiger partial charge on any atom is 0.259 e. The molecule has 1 aromatic carbocycles. The summed E-state index contributed by atoms with van der Waals surface area (Å²) >= 11 is 0. The highest BCUT2D eigenvalue weighted by Gasteiger charge is 2.27. The van der Waals surface area contributed by atoms with Gasteiger partial charge in [0.05, 0.1) is 0 Å². The molecule has 28 heavy (non-hydrogen) atoms. The predicted molar refractivity (Wildman–Crippen MR) is 96.7 cm³/mol. The first-order chi connectivity index (χ1) is 13.5. The molecule has 3 heterocycles. The zero-order chi connectivity index (χ0) is 19.7. The van der Waals surface area contributed by atoms with Gasteiger partial charge in [-0.15, -0.1) is 0 Å². The lowest BCUT2D eigenvalue weighted by Gasteiger charge is -2.35. The number of carbonyl (C=O) groups excluding carboxylic acids is 1. The van der Waals surface area contributed by atoms with Crippen LogP contribution in [-0.2, 0) is 0 Å². The number of halogens is 2. The van der Waals surface area contributed by atoms with E-state index in [1.54, 1.807) is 13.1 Å². The number of benzene rings is 1. The molecule has 7 nitrogen and oxygen atoms in total. The number of hydrogen-bond acceptors (Lipinski definition) is 6. The normalized spacial score (nSPS) is 14.4. The summed E-state index contributed by atoms with van der Waals surface area (Å²) in [6.45, 7) is 3.43. The number of hydrogen-bond donors (Lipinski definition) is 0. The standard InChI is InChI=1S/C19H17F2N5O2/c1-12-23-18(24-28-12)13-5-6-16(22-11-13)25-7-9-26(10-8-25)19(27)17-14(20)3-2-4-15(17)21/h2-6,11H,7-10H2,1H3. The third-order valence-corrected chi connectivity index (χ3v) is 4.60. The first-order valence-corrected chi connectivity index (χ1v) is 8.78. The molecule has 0 radical (unpaired) electrons. The SMILES string of the molecule is Cc1nc(-c2ccc(N3CCN(C(=O)c4c(F)cccc4F)CC3)nc2)no1. The minimum atomic E-state index is -0.846. The number of amides is 1. The number of aryl methyl sites for hydroxylation is 1. The van der Waals surface area contributed by atoms with Crippen molar-refractivity contribution in [2.45, 2.75) is 6.92 Å². The number of carbonyl (C=O) groups is 1. The molecule has 1 fully saturated rings. The quantitative estimate of drug-likeness (QED) is 0.690. The summed E-state index contributed by atoms with van der Waals surface area (Å²) in [4.78, 5) is 24.5. The van der Waals surface area contributed by atoms with E-state index in [0.29, 0.717) is 37.9 Å². The fourth-order valence-electron chi connectivity index (χ4n) is 3.12. The largest absolute Gasteiger partial charge is 0.353 e. The van der Waals surface area contributed by atoms with Gasteiger partial charge in [-0.05, 0) is 24.3 Å². The van der Waals surface area contributed by atoms with Crippen LogP contribution in [0.15, 0.2) is 41.1 Å². The van der Waals surface area contributed by atoms with E-state index in [1.807, 2.05) is 17.0 Å². The Labute approximate surface area is 159 Å². The second-order valence-corrected chi connectivity index (χ2v) is 6.42. The van der Waals surface area contributed by atoms with Gasteiger partial charge < -0.3 is 14.3 Å². The van der Waals surface area contributed by atoms with Crippen molar-refractivity contribution in [3.8, 4) is 11.4 Å². The molecule has 1 amide bonds. The zero-order valence-corrected chi connectivity index (χ0v) is 15.1. The second kappa shape index (κ2) is 7.34. The lowest BCUT2D eigenvalue weighted by Crippen LogP contribution is -2.49. The summed E-state index contributed by atoms with van der Waals surface area (Å²) in [6.07, 6.45) is 1.66. The number of anilines is 1. The van der Waals surface area contributed by atoms with Crippen LogP contribution < -0.4 is 4.90 Å². The fraction of sp³-hybridized carbons (Fsp3) is 0.263. The van der Waals surface area contributed by atoms with Crippen LogP contribution in [0.5, 0.6) is 0 Å². The van der Waals surface area contributed by atoms with Crippen LogP contribution >= 0.6 is 0 Å². The summed E-state index contributed by atoms with van der Waals surface area (Å²) in [7, 11) is 0. The summed E-state index contributed by atoms with van der Waals surface area (Å²) in [5, 5.41) is 3.86. The van der Waals surface area contributed by atoms with Gasteiger partial charge in [-0.2, -0.15) is 4.98 Å². The van der Waals surface area contributed by atoms with Gasteiger partial charge in [-0.25, -0.2) is 13.8 Å². The smallest absolute Gasteiger partial charge is 0.259 e. The zero-order valence-electron chi connectivity index (χ0n) is 15.1. The number of aromatic nitrogens is 3. The number of nitrogens with zero attached hydrogens (tertiary/aromatic N) is 5. The third kappa shape index (κ3) is 3.42. The number of rotatable bonds is 3. The highest BCUT2D eigenvalue weighted by Crippen LogP contribution is 2.21. The van der Waals surface area contributed by atoms with Gasteiger partial charge in [-0.3, -0.25) is 4.79 Å². The van der Waals surface area contributed by atoms with E-state index >= 15 is 0 Å². The predicted octanol–water partition coefficient (Wildman–Crippen LogP) is 2.68. The Hall–Kier alpha value is -3.36. The van der Waals surface area contributed by atoms with Crippen molar-refractivity contribution >= 4 is 11.7 Å². The Bertz CT molecular complexity index is 978. The molecular weight excluding hydrogens is 368 g/mol. The van der Waals surface area contributed by atoms with E-state index < -0.39 is 23.1 Å². The molecule has 0 aliphatic carbocycles. The molecule has 144 valence electrons. The van der Waals surface area contributed by atoms with E-state index in [0.717, 1.165) is 23.5 Å². The average Bonchev–Trinajstić information content (AvgIpc) is 3.14. The molecule has 0 unspecified atom stereocenters. The first kappa shape index (κ1) is 18.0. The van der Waals surface area contributed by atoms with Crippen molar-refractivity contribution in [1.29, 1.82) is 0 Å². The molecule has 9 heteroatoms. The molecular formula is C19H17F2N5O2. The molecule has 3 aromatic rings. The Morgan fingerprint density at radius 2 is 1.79 bits per heavy atom. The van der Waals surface area contributed by atoms with Crippen LogP contribution in [0.3, 0.4) is 0 Å². The highest BCUT2D eigenvalue weighted by molar-refractivity contribution is 5.95. The second-order valence-electron chi connectivity index (χ2n) is 6.42. The van der Waals surface area contributed by atoms with Crippen LogP contribution in [0.25, 0.3) is 11.4 Å². The van der Waals surface area contributed by atoms with Crippen molar-refractivity contribution in [3.63, 3.8) is 0 Å². The van der Waals surface area contributed by atoms with E-state index in [1.165, 1.54) is 11.0 Å². The van der Waals surface area contributed by atoms with Gasteiger partial charge in [-0.1, -0.05) is 11.2 Å². The highest BCUT2D eigenvalue weighted by atomic mass is 19.1. The Balaban J connectivity index is 1.42. The number of pyridine rings is 1. The summed E-state index contributed by atoms with van der Waals surface area (Å²) in [5.41, 5.74) is 0.235. The average molecular weight is 385 g/mol. The molecule has 0 atom stereocenters. The van der Waals surface area contributed by atoms with Crippen molar-refractivity contribution in [1.82, 2.24) is 20.0 Å². The Kier molecular flexibility index (Phi) is 4.72. The van der Waals surface area contributed by atoms with Gasteiger partial charge in [0.1, 0.15) is 23.0 Å². The van der Waals surface area contributed by atoms with Crippen LogP contribution in [0, 0.1) is 18.6 Å². The van der Waals surface area contributed by atoms with Crippen molar-refractivity contribution in [2.75, 3.05) is 31.1 Å². The molecule has 0 saturated carbocycles. The van der Waals surface area contributed by atoms with Gasteiger partial charge in [0, 0.05) is 44.9 Å². The van der Waals surface area contributed by atoms with Gasteiger partial charge >= 0.3 is 0 Å². The van der Waals surface area contributed by atoms with Crippen molar-refractivity contribution in [3.05, 3.63) is 59.6 Å². The minimum absolute atomic E-state index is 0.347. The van der Waals surface area contributed by atoms with Crippen LogP contribution in [0.2, 0.25) is 0 Å². The summed E-state index contributed by atoms with van der Waals surface area (Å²) < 4.78 is 32.7. The van der Waals surface area contributed by atoms with Crippen LogP contribution in [-0.4, -0.2) is 52.1 Å². The third-order valence-electron chi connectivity index (χ3n) is 4.60. The van der Waals surface area contributed by atoms with Crippen LogP contribution in [0.1, 0.15) is 16.2 Å².